The molecule has 124 valence electrons. The molecule has 0 aliphatic carbocycles. The first-order valence-corrected chi connectivity index (χ1v) is 7.80. The number of rotatable bonds is 6. The standard InChI is InChI=1S/C17H26N2O2.ClH/c1-13-3-5-15(16(11-13)21-2)12-19-17(20)6-4-14-7-9-18-10-8-14;/h3,5,11,14,18H,4,6-10,12H2,1-2H3,(H,19,20);1H. The van der Waals surface area contributed by atoms with Crippen molar-refractivity contribution in [2.75, 3.05) is 20.2 Å². The van der Waals surface area contributed by atoms with E-state index in [1.165, 1.54) is 12.8 Å². The van der Waals surface area contributed by atoms with E-state index in [0.717, 1.165) is 36.4 Å². The Kier molecular flexibility index (Phi) is 8.28. The van der Waals surface area contributed by atoms with Gasteiger partial charge in [0, 0.05) is 18.5 Å². The van der Waals surface area contributed by atoms with E-state index >= 15 is 0 Å². The van der Waals surface area contributed by atoms with E-state index in [-0.39, 0.29) is 18.3 Å². The molecule has 0 aromatic heterocycles. The van der Waals surface area contributed by atoms with E-state index < -0.39 is 0 Å². The van der Waals surface area contributed by atoms with Gasteiger partial charge in [-0.2, -0.15) is 0 Å². The minimum Gasteiger partial charge on any atom is -0.496 e. The minimum absolute atomic E-state index is 0. The number of methoxy groups -OCH3 is 1. The molecule has 4 nitrogen and oxygen atoms in total. The predicted molar refractivity (Wildman–Crippen MR) is 91.7 cm³/mol. The van der Waals surface area contributed by atoms with Crippen LogP contribution in [0.3, 0.4) is 0 Å². The van der Waals surface area contributed by atoms with E-state index in [4.69, 9.17) is 4.74 Å². The molecule has 1 aliphatic heterocycles. The molecule has 2 rings (SSSR count). The Labute approximate surface area is 139 Å². The van der Waals surface area contributed by atoms with Gasteiger partial charge >= 0.3 is 0 Å². The number of hydrogen-bond acceptors (Lipinski definition) is 3. The van der Waals surface area contributed by atoms with Gasteiger partial charge in [0.05, 0.1) is 7.11 Å². The average molecular weight is 327 g/mol. The summed E-state index contributed by atoms with van der Waals surface area (Å²) in [6.07, 6.45) is 4.01. The van der Waals surface area contributed by atoms with Gasteiger partial charge in [-0.25, -0.2) is 0 Å². The summed E-state index contributed by atoms with van der Waals surface area (Å²) >= 11 is 0. The monoisotopic (exact) mass is 326 g/mol. The molecule has 22 heavy (non-hydrogen) atoms. The van der Waals surface area contributed by atoms with Crippen LogP contribution >= 0.6 is 12.4 Å². The second-order valence-corrected chi connectivity index (χ2v) is 5.82. The molecule has 0 atom stereocenters. The van der Waals surface area contributed by atoms with Crippen LogP contribution in [0.5, 0.6) is 5.75 Å². The van der Waals surface area contributed by atoms with Crippen molar-refractivity contribution in [3.63, 3.8) is 0 Å². The highest BCUT2D eigenvalue weighted by Crippen LogP contribution is 2.20. The Morgan fingerprint density at radius 1 is 1.36 bits per heavy atom. The van der Waals surface area contributed by atoms with E-state index in [1.807, 2.05) is 25.1 Å². The molecule has 1 aromatic rings. The van der Waals surface area contributed by atoms with Crippen LogP contribution in [0.2, 0.25) is 0 Å². The molecule has 0 bridgehead atoms. The van der Waals surface area contributed by atoms with Gasteiger partial charge in [-0.05, 0) is 56.8 Å². The van der Waals surface area contributed by atoms with Crippen LogP contribution in [0, 0.1) is 12.8 Å². The van der Waals surface area contributed by atoms with Gasteiger partial charge in [0.25, 0.3) is 0 Å². The zero-order valence-corrected chi connectivity index (χ0v) is 14.3. The summed E-state index contributed by atoms with van der Waals surface area (Å²) < 4.78 is 5.36. The number of nitrogens with one attached hydrogen (secondary N) is 2. The Morgan fingerprint density at radius 2 is 2.09 bits per heavy atom. The average Bonchev–Trinajstić information content (AvgIpc) is 2.52. The van der Waals surface area contributed by atoms with Gasteiger partial charge in [-0.1, -0.05) is 12.1 Å². The van der Waals surface area contributed by atoms with Crippen molar-refractivity contribution in [3.8, 4) is 5.75 Å². The maximum Gasteiger partial charge on any atom is 0.220 e. The van der Waals surface area contributed by atoms with Gasteiger partial charge in [0.2, 0.25) is 5.91 Å². The van der Waals surface area contributed by atoms with Crippen molar-refractivity contribution < 1.29 is 9.53 Å². The molecule has 0 unspecified atom stereocenters. The number of amides is 1. The van der Waals surface area contributed by atoms with Crippen LogP contribution in [0.25, 0.3) is 0 Å². The van der Waals surface area contributed by atoms with Crippen LogP contribution in [-0.2, 0) is 11.3 Å². The maximum atomic E-state index is 12.0. The van der Waals surface area contributed by atoms with E-state index in [2.05, 4.69) is 10.6 Å². The molecule has 1 heterocycles. The van der Waals surface area contributed by atoms with Crippen molar-refractivity contribution in [2.45, 2.75) is 39.2 Å². The molecule has 1 aliphatic rings. The number of halogens is 1. The molecule has 5 heteroatoms. The molecule has 1 amide bonds. The van der Waals surface area contributed by atoms with E-state index in [0.29, 0.717) is 18.9 Å². The van der Waals surface area contributed by atoms with Crippen molar-refractivity contribution >= 4 is 18.3 Å². The maximum absolute atomic E-state index is 12.0. The third-order valence-electron chi connectivity index (χ3n) is 4.16. The van der Waals surface area contributed by atoms with Crippen LogP contribution < -0.4 is 15.4 Å². The summed E-state index contributed by atoms with van der Waals surface area (Å²) in [5.41, 5.74) is 2.19. The first-order chi connectivity index (χ1) is 10.2. The minimum atomic E-state index is 0. The van der Waals surface area contributed by atoms with Gasteiger partial charge in [-0.15, -0.1) is 12.4 Å². The van der Waals surface area contributed by atoms with Crippen LogP contribution in [0.4, 0.5) is 0 Å². The fourth-order valence-electron chi connectivity index (χ4n) is 2.79. The Hall–Kier alpha value is -1.26. The third kappa shape index (κ3) is 5.85. The van der Waals surface area contributed by atoms with Crippen LogP contribution in [0.1, 0.15) is 36.8 Å². The number of benzene rings is 1. The number of hydrogen-bond donors (Lipinski definition) is 2. The van der Waals surface area contributed by atoms with Crippen LogP contribution in [0.15, 0.2) is 18.2 Å². The quantitative estimate of drug-likeness (QED) is 0.845. The molecule has 1 aromatic carbocycles. The number of carbonyl (C=O) groups excluding carboxylic acids is 1. The number of piperidine rings is 1. The van der Waals surface area contributed by atoms with Gasteiger partial charge < -0.3 is 15.4 Å². The molecule has 1 fully saturated rings. The summed E-state index contributed by atoms with van der Waals surface area (Å²) in [5, 5.41) is 6.35. The Bertz CT molecular complexity index is 474. The smallest absolute Gasteiger partial charge is 0.220 e. The first kappa shape index (κ1) is 18.8. The van der Waals surface area contributed by atoms with Gasteiger partial charge in [0.1, 0.15) is 5.75 Å². The summed E-state index contributed by atoms with van der Waals surface area (Å²) in [6.45, 7) is 4.75. The zero-order chi connectivity index (χ0) is 15.1. The molecule has 0 saturated carbocycles. The second kappa shape index (κ2) is 9.70. The largest absolute Gasteiger partial charge is 0.496 e. The Balaban J connectivity index is 0.00000242. The fraction of sp³-hybridized carbons (Fsp3) is 0.588. The molecular formula is C17H27ClN2O2. The zero-order valence-electron chi connectivity index (χ0n) is 13.5. The second-order valence-electron chi connectivity index (χ2n) is 5.82. The first-order valence-electron chi connectivity index (χ1n) is 7.80. The van der Waals surface area contributed by atoms with Crippen molar-refractivity contribution in [2.24, 2.45) is 5.92 Å². The normalized spacial score (nSPS) is 15.0. The summed E-state index contributed by atoms with van der Waals surface area (Å²) in [7, 11) is 1.66. The summed E-state index contributed by atoms with van der Waals surface area (Å²) in [6, 6.07) is 6.05. The van der Waals surface area contributed by atoms with Crippen molar-refractivity contribution in [1.82, 2.24) is 10.6 Å². The van der Waals surface area contributed by atoms with E-state index in [1.54, 1.807) is 7.11 Å². The molecular weight excluding hydrogens is 300 g/mol. The van der Waals surface area contributed by atoms with Crippen molar-refractivity contribution in [3.05, 3.63) is 29.3 Å². The molecule has 0 spiro atoms. The topological polar surface area (TPSA) is 50.4 Å². The highest BCUT2D eigenvalue weighted by molar-refractivity contribution is 5.85. The van der Waals surface area contributed by atoms with Crippen LogP contribution in [-0.4, -0.2) is 26.1 Å². The number of aryl methyl sites for hydroxylation is 1. The lowest BCUT2D eigenvalue weighted by atomic mass is 9.93. The molecule has 2 N–H and O–H groups in total. The molecule has 0 radical (unpaired) electrons. The lowest BCUT2D eigenvalue weighted by molar-refractivity contribution is -0.121. The molecule has 1 saturated heterocycles. The summed E-state index contributed by atoms with van der Waals surface area (Å²) in [4.78, 5) is 12.0. The SMILES string of the molecule is COc1cc(C)ccc1CNC(=O)CCC1CCNCC1.Cl. The fourth-order valence-corrected chi connectivity index (χ4v) is 2.79. The van der Waals surface area contributed by atoms with Gasteiger partial charge in [0.15, 0.2) is 0 Å². The van der Waals surface area contributed by atoms with Gasteiger partial charge in [-0.3, -0.25) is 4.79 Å². The Morgan fingerprint density at radius 3 is 2.77 bits per heavy atom. The predicted octanol–water partition coefficient (Wildman–Crippen LogP) is 2.82. The van der Waals surface area contributed by atoms with E-state index in [9.17, 15) is 4.79 Å². The lowest BCUT2D eigenvalue weighted by Crippen LogP contribution is -2.29. The number of carbonyl (C=O) groups is 1. The lowest BCUT2D eigenvalue weighted by Gasteiger charge is -2.22. The third-order valence-corrected chi connectivity index (χ3v) is 4.16. The highest BCUT2D eigenvalue weighted by atomic mass is 35.5. The number of ether oxygens (including phenoxy) is 1. The summed E-state index contributed by atoms with van der Waals surface area (Å²) in [5.74, 6) is 1.68. The van der Waals surface area contributed by atoms with Crippen molar-refractivity contribution in [1.29, 1.82) is 0 Å². The highest BCUT2D eigenvalue weighted by Gasteiger charge is 2.14.